The second kappa shape index (κ2) is 8.89. The van der Waals surface area contributed by atoms with E-state index in [2.05, 4.69) is 0 Å². The van der Waals surface area contributed by atoms with Crippen molar-refractivity contribution in [2.24, 2.45) is 0 Å². The molecule has 2 atom stereocenters. The molecule has 0 saturated heterocycles. The first kappa shape index (κ1) is 19.0. The number of aliphatic carboxylic acids is 2. The van der Waals surface area contributed by atoms with E-state index in [1.165, 1.54) is 0 Å². The maximum absolute atomic E-state index is 9.97. The molecule has 0 N–H and O–H groups in total. The summed E-state index contributed by atoms with van der Waals surface area (Å²) in [6, 6.07) is 0. The Hall–Kier alpha value is 1.31. The Kier molecular flexibility index (Phi) is 14.1. The zero-order chi connectivity index (χ0) is 8.31. The molecule has 0 aliphatic carbocycles. The molecule has 0 aromatic rings. The normalized spacial score (nSPS) is 13.2. The van der Waals surface area contributed by atoms with Gasteiger partial charge >= 0.3 is 75.8 Å². The van der Waals surface area contributed by atoms with Gasteiger partial charge in [-0.3, -0.25) is 0 Å². The molecule has 0 saturated carbocycles. The Morgan fingerprint density at radius 1 is 0.917 bits per heavy atom. The number of rotatable bonds is 3. The molecule has 0 amide bonds. The van der Waals surface area contributed by atoms with Crippen molar-refractivity contribution in [2.45, 2.75) is 12.2 Å². The first-order chi connectivity index (χ1) is 4.46. The molecular weight excluding hydrogens is 305 g/mol. The Balaban J connectivity index is -0.000000405. The molecule has 0 aliphatic heterocycles. The summed E-state index contributed by atoms with van der Waals surface area (Å²) < 4.78 is 0. The summed E-state index contributed by atoms with van der Waals surface area (Å²) >= 11 is 0. The summed E-state index contributed by atoms with van der Waals surface area (Å²) in [4.78, 5) is 19.1. The van der Waals surface area contributed by atoms with Gasteiger partial charge in [-0.25, -0.2) is 0 Å². The van der Waals surface area contributed by atoms with Gasteiger partial charge in [-0.15, -0.1) is 0 Å². The van der Waals surface area contributed by atoms with Crippen LogP contribution in [-0.2, 0) is 9.59 Å². The molecule has 0 aromatic heterocycles. The molecule has 0 bridgehead atoms. The molecule has 0 rings (SSSR count). The van der Waals surface area contributed by atoms with Gasteiger partial charge in [-0.2, -0.15) is 0 Å². The van der Waals surface area contributed by atoms with Gasteiger partial charge in [0.25, 0.3) is 0 Å². The van der Waals surface area contributed by atoms with Gasteiger partial charge in [0, 0.05) is 11.9 Å². The van der Waals surface area contributed by atoms with Crippen molar-refractivity contribution >= 4 is 36.4 Å². The van der Waals surface area contributed by atoms with E-state index in [0.29, 0.717) is 0 Å². The summed E-state index contributed by atoms with van der Waals surface area (Å²) in [6.45, 7) is 0. The average molecular weight is 307 g/mol. The van der Waals surface area contributed by atoms with E-state index < -0.39 is 24.1 Å². The van der Waals surface area contributed by atoms with Crippen LogP contribution in [0.3, 0.4) is 0 Å². The van der Waals surface area contributed by atoms with Crippen molar-refractivity contribution < 1.29 is 81.4 Å². The van der Waals surface area contributed by atoms with Gasteiger partial charge in [0.2, 0.25) is 0 Å². The monoisotopic (exact) mass is 306 g/mol. The fourth-order valence-corrected chi connectivity index (χ4v) is 0.247. The van der Waals surface area contributed by atoms with Crippen molar-refractivity contribution in [2.75, 3.05) is 0 Å². The standard InChI is InChI=1S/C4H4O6.K.Sb/c5-1(3(7)8)2(6)4(9)10;;/h1-2H,(H,7,8)(H,9,10);;/q-2;+1;+3/p-2/t1-,2+;;. The van der Waals surface area contributed by atoms with Crippen LogP contribution in [-0.4, -0.2) is 48.6 Å². The number of carbonyl (C=O) groups excluding carboxylic acids is 2. The molecule has 2 radical (unpaired) electrons. The molecule has 0 aromatic carbocycles. The third-order valence-electron chi connectivity index (χ3n) is 0.740. The van der Waals surface area contributed by atoms with Crippen LogP contribution in [0, 0.1) is 0 Å². The predicted octanol–water partition coefficient (Wildman–Crippen LogP) is -9.43. The molecule has 8 heteroatoms. The maximum Gasteiger partial charge on any atom is 3.00 e. The Morgan fingerprint density at radius 2 is 1.08 bits per heavy atom. The van der Waals surface area contributed by atoms with Crippen molar-refractivity contribution in [1.82, 2.24) is 0 Å². The van der Waals surface area contributed by atoms with Crippen LogP contribution in [0.25, 0.3) is 0 Å². The number of carbonyl (C=O) groups is 2. The summed E-state index contributed by atoms with van der Waals surface area (Å²) in [5.74, 6) is -4.46. The van der Waals surface area contributed by atoms with Gasteiger partial charge in [0.15, 0.2) is 0 Å². The van der Waals surface area contributed by atoms with E-state index in [1.807, 2.05) is 0 Å². The average Bonchev–Trinajstić information content (AvgIpc) is 1.84. The minimum Gasteiger partial charge on any atom is -0.848 e. The predicted molar refractivity (Wildman–Crippen MR) is 23.3 cm³/mol. The van der Waals surface area contributed by atoms with Crippen LogP contribution in [0.15, 0.2) is 0 Å². The fourth-order valence-electron chi connectivity index (χ4n) is 0.247. The van der Waals surface area contributed by atoms with Crippen molar-refractivity contribution in [3.05, 3.63) is 0 Å². The second-order valence-electron chi connectivity index (χ2n) is 1.48. The molecular formula is C4H2KO6Sb. The number of carboxylic acids is 2. The minimum absolute atomic E-state index is 0. The molecule has 60 valence electrons. The van der Waals surface area contributed by atoms with E-state index in [0.717, 1.165) is 0 Å². The van der Waals surface area contributed by atoms with E-state index >= 15 is 0 Å². The molecule has 0 unspecified atom stereocenters. The molecule has 0 aliphatic rings. The van der Waals surface area contributed by atoms with E-state index in [-0.39, 0.29) is 75.8 Å². The summed E-state index contributed by atoms with van der Waals surface area (Å²) in [5.41, 5.74) is 0. The quantitative estimate of drug-likeness (QED) is 0.476. The first-order valence-corrected chi connectivity index (χ1v) is 2.20. The van der Waals surface area contributed by atoms with Crippen molar-refractivity contribution in [3.8, 4) is 0 Å². The van der Waals surface area contributed by atoms with Crippen molar-refractivity contribution in [1.29, 1.82) is 0 Å². The van der Waals surface area contributed by atoms with Crippen LogP contribution in [0.2, 0.25) is 0 Å². The zero-order valence-electron chi connectivity index (χ0n) is 6.05. The van der Waals surface area contributed by atoms with E-state index in [1.54, 1.807) is 0 Å². The number of hydrogen-bond acceptors (Lipinski definition) is 6. The van der Waals surface area contributed by atoms with E-state index in [4.69, 9.17) is 0 Å². The van der Waals surface area contributed by atoms with Crippen molar-refractivity contribution in [3.63, 3.8) is 0 Å². The van der Waals surface area contributed by atoms with Gasteiger partial charge in [-0.05, 0) is 0 Å². The van der Waals surface area contributed by atoms with Crippen LogP contribution >= 0.6 is 0 Å². The maximum atomic E-state index is 9.97. The van der Waals surface area contributed by atoms with Gasteiger partial charge in [-0.1, -0.05) is 12.2 Å². The number of hydrogen-bond donors (Lipinski definition) is 0. The van der Waals surface area contributed by atoms with Gasteiger partial charge < -0.3 is 30.0 Å². The third-order valence-corrected chi connectivity index (χ3v) is 0.740. The molecule has 6 nitrogen and oxygen atoms in total. The smallest absolute Gasteiger partial charge is 0.848 e. The fraction of sp³-hybridized carbons (Fsp3) is 0.500. The SMILES string of the molecule is O=C([O-])[C@@H]([O-])[C@@H]([O-])C(=O)[O-].[K+].[Sb+3]. The van der Waals surface area contributed by atoms with Gasteiger partial charge in [0.1, 0.15) is 0 Å². The molecule has 12 heavy (non-hydrogen) atoms. The largest absolute Gasteiger partial charge is 3.00 e. The van der Waals surface area contributed by atoms with Crippen LogP contribution in [0.5, 0.6) is 0 Å². The van der Waals surface area contributed by atoms with E-state index in [9.17, 15) is 30.0 Å². The Bertz CT molecular complexity index is 144. The third kappa shape index (κ3) is 6.79. The zero-order valence-corrected chi connectivity index (χ0v) is 11.7. The van der Waals surface area contributed by atoms with Crippen LogP contribution in [0.1, 0.15) is 0 Å². The Labute approximate surface area is 128 Å². The molecule has 0 spiro atoms. The summed E-state index contributed by atoms with van der Waals surface area (Å²) in [6.07, 6.45) is -5.60. The van der Waals surface area contributed by atoms with Gasteiger partial charge in [0.05, 0.1) is 0 Å². The first-order valence-electron chi connectivity index (χ1n) is 2.20. The molecule has 0 heterocycles. The second-order valence-corrected chi connectivity index (χ2v) is 1.48. The minimum atomic E-state index is -2.80. The van der Waals surface area contributed by atoms with Crippen LogP contribution in [0.4, 0.5) is 0 Å². The number of carboxylic acid groups (broad SMARTS) is 2. The molecule has 0 fully saturated rings. The Morgan fingerprint density at radius 3 is 1.17 bits per heavy atom. The summed E-state index contributed by atoms with van der Waals surface area (Å²) in [5, 5.41) is 39.0. The summed E-state index contributed by atoms with van der Waals surface area (Å²) in [7, 11) is 0. The topological polar surface area (TPSA) is 126 Å². The van der Waals surface area contributed by atoms with Crippen LogP contribution < -0.4 is 71.8 Å².